The molecule has 1 N–H and O–H groups in total. The minimum atomic E-state index is -0.729. The number of methoxy groups -OCH3 is 1. The fraction of sp³-hybridized carbons (Fsp3) is 0.0833. The number of rotatable bonds is 4. The van der Waals surface area contributed by atoms with E-state index in [1.165, 1.54) is 29.0 Å². The molecule has 0 radical (unpaired) electrons. The van der Waals surface area contributed by atoms with Crippen molar-refractivity contribution in [2.24, 2.45) is 0 Å². The number of nitrogens with zero attached hydrogens (tertiary/aromatic N) is 1. The molecular formula is C24H17NO6. The molecule has 5 aromatic rings. The second-order valence-corrected chi connectivity index (χ2v) is 7.09. The summed E-state index contributed by atoms with van der Waals surface area (Å²) >= 11 is 0. The van der Waals surface area contributed by atoms with Crippen LogP contribution in [0.15, 0.2) is 85.4 Å². The molecule has 0 saturated heterocycles. The lowest BCUT2D eigenvalue weighted by molar-refractivity contribution is 0.415. The van der Waals surface area contributed by atoms with E-state index in [9.17, 15) is 14.7 Å². The Bertz CT molecular complexity index is 1530. The van der Waals surface area contributed by atoms with E-state index in [2.05, 4.69) is 0 Å². The second kappa shape index (κ2) is 7.21. The van der Waals surface area contributed by atoms with Gasteiger partial charge in [0.15, 0.2) is 0 Å². The van der Waals surface area contributed by atoms with E-state index < -0.39 is 11.2 Å². The smallest absolute Gasteiger partial charge is 0.349 e. The van der Waals surface area contributed by atoms with Crippen LogP contribution in [0, 0.1) is 0 Å². The first-order valence-corrected chi connectivity index (χ1v) is 9.55. The zero-order chi connectivity index (χ0) is 21.5. The van der Waals surface area contributed by atoms with E-state index in [-0.39, 0.29) is 17.7 Å². The van der Waals surface area contributed by atoms with E-state index in [0.29, 0.717) is 33.6 Å². The predicted molar refractivity (Wildman–Crippen MR) is 116 cm³/mol. The van der Waals surface area contributed by atoms with Gasteiger partial charge in [-0.15, -0.1) is 0 Å². The third-order valence-corrected chi connectivity index (χ3v) is 5.24. The van der Waals surface area contributed by atoms with E-state index in [1.54, 1.807) is 37.4 Å². The van der Waals surface area contributed by atoms with Crippen molar-refractivity contribution in [3.05, 3.63) is 93.5 Å². The van der Waals surface area contributed by atoms with E-state index in [4.69, 9.17) is 13.6 Å². The molecule has 31 heavy (non-hydrogen) atoms. The number of aromatic nitrogens is 1. The van der Waals surface area contributed by atoms with Crippen LogP contribution in [0.5, 0.6) is 11.5 Å². The fourth-order valence-electron chi connectivity index (χ4n) is 3.74. The van der Waals surface area contributed by atoms with Gasteiger partial charge in [-0.3, -0.25) is 9.36 Å². The molecule has 0 amide bonds. The molecule has 0 bridgehead atoms. The standard InChI is InChI=1S/C24H17NO6/c1-29-16-7-4-14(5-8-16)20-12-19-18-11-15(26)6-9-21(18)31-24(28)22(19)23(27)25(20)13-17-3-2-10-30-17/h2-12,26H,13H2,1H3. The van der Waals surface area contributed by atoms with Gasteiger partial charge in [0.1, 0.15) is 28.2 Å². The van der Waals surface area contributed by atoms with E-state index in [0.717, 1.165) is 5.56 Å². The van der Waals surface area contributed by atoms with Gasteiger partial charge in [0, 0.05) is 10.8 Å². The summed E-state index contributed by atoms with van der Waals surface area (Å²) in [7, 11) is 1.58. The minimum Gasteiger partial charge on any atom is -0.508 e. The number of hydrogen-bond donors (Lipinski definition) is 1. The van der Waals surface area contributed by atoms with Crippen LogP contribution in [0.2, 0.25) is 0 Å². The number of furan rings is 1. The second-order valence-electron chi connectivity index (χ2n) is 7.09. The molecule has 7 heteroatoms. The number of benzene rings is 2. The molecule has 3 heterocycles. The Morgan fingerprint density at radius 3 is 2.52 bits per heavy atom. The van der Waals surface area contributed by atoms with E-state index in [1.807, 2.05) is 12.1 Å². The van der Waals surface area contributed by atoms with Crippen molar-refractivity contribution in [3.63, 3.8) is 0 Å². The van der Waals surface area contributed by atoms with Gasteiger partial charge in [0.05, 0.1) is 25.6 Å². The lowest BCUT2D eigenvalue weighted by Gasteiger charge is -2.15. The molecule has 0 fully saturated rings. The molecule has 0 atom stereocenters. The van der Waals surface area contributed by atoms with Crippen LogP contribution >= 0.6 is 0 Å². The molecule has 0 saturated carbocycles. The van der Waals surface area contributed by atoms with Crippen LogP contribution in [0.1, 0.15) is 5.76 Å². The van der Waals surface area contributed by atoms with Gasteiger partial charge in [0.2, 0.25) is 0 Å². The van der Waals surface area contributed by atoms with Crippen LogP contribution in [0.25, 0.3) is 33.0 Å². The summed E-state index contributed by atoms with van der Waals surface area (Å²) < 4.78 is 17.5. The summed E-state index contributed by atoms with van der Waals surface area (Å²) in [6, 6.07) is 16.9. The average molecular weight is 415 g/mol. The molecule has 154 valence electrons. The summed E-state index contributed by atoms with van der Waals surface area (Å²) in [4.78, 5) is 26.2. The summed E-state index contributed by atoms with van der Waals surface area (Å²) in [5.74, 6) is 1.26. The Labute approximate surface area is 175 Å². The van der Waals surface area contributed by atoms with Crippen LogP contribution in [0.3, 0.4) is 0 Å². The first-order valence-electron chi connectivity index (χ1n) is 9.55. The normalized spacial score (nSPS) is 11.3. The summed E-state index contributed by atoms with van der Waals surface area (Å²) in [6.45, 7) is 0.140. The molecule has 2 aromatic carbocycles. The van der Waals surface area contributed by atoms with Gasteiger partial charge in [-0.2, -0.15) is 0 Å². The number of pyridine rings is 1. The topological polar surface area (TPSA) is 94.8 Å². The van der Waals surface area contributed by atoms with Gasteiger partial charge in [-0.25, -0.2) is 4.79 Å². The predicted octanol–water partition coefficient (Wildman–Crippen LogP) is 4.13. The number of phenols is 1. The Kier molecular flexibility index (Phi) is 4.36. The number of aromatic hydroxyl groups is 1. The zero-order valence-electron chi connectivity index (χ0n) is 16.5. The summed E-state index contributed by atoms with van der Waals surface area (Å²) in [5, 5.41) is 10.8. The Balaban J connectivity index is 1.89. The number of phenolic OH excluding ortho intramolecular Hbond substituents is 1. The zero-order valence-corrected chi connectivity index (χ0v) is 16.5. The maximum absolute atomic E-state index is 13.5. The summed E-state index contributed by atoms with van der Waals surface area (Å²) in [6.07, 6.45) is 1.53. The third-order valence-electron chi connectivity index (χ3n) is 5.24. The van der Waals surface area contributed by atoms with Gasteiger partial charge in [0.25, 0.3) is 5.56 Å². The van der Waals surface area contributed by atoms with Crippen LogP contribution in [-0.2, 0) is 6.54 Å². The van der Waals surface area contributed by atoms with E-state index >= 15 is 0 Å². The molecule has 0 aliphatic heterocycles. The molecule has 3 aromatic heterocycles. The molecule has 0 aliphatic rings. The highest BCUT2D eigenvalue weighted by Gasteiger charge is 2.18. The number of hydrogen-bond acceptors (Lipinski definition) is 6. The van der Waals surface area contributed by atoms with Crippen molar-refractivity contribution < 1.29 is 18.7 Å². The lowest BCUT2D eigenvalue weighted by Crippen LogP contribution is -2.26. The van der Waals surface area contributed by atoms with Crippen LogP contribution in [-0.4, -0.2) is 16.8 Å². The van der Waals surface area contributed by atoms with Gasteiger partial charge in [-0.05, 0) is 66.2 Å². The number of ether oxygens (including phenoxy) is 1. The van der Waals surface area contributed by atoms with Crippen molar-refractivity contribution in [2.45, 2.75) is 6.54 Å². The van der Waals surface area contributed by atoms with Crippen LogP contribution in [0.4, 0.5) is 0 Å². The van der Waals surface area contributed by atoms with Crippen molar-refractivity contribution in [1.29, 1.82) is 0 Å². The first-order chi connectivity index (χ1) is 15.0. The highest BCUT2D eigenvalue weighted by atomic mass is 16.5. The molecule has 5 rings (SSSR count). The van der Waals surface area contributed by atoms with Gasteiger partial charge in [-0.1, -0.05) is 0 Å². The average Bonchev–Trinajstić information content (AvgIpc) is 3.29. The van der Waals surface area contributed by atoms with Crippen molar-refractivity contribution in [2.75, 3.05) is 7.11 Å². The molecular weight excluding hydrogens is 398 g/mol. The first kappa shape index (κ1) is 18.7. The minimum absolute atomic E-state index is 0.00779. The molecule has 0 spiro atoms. The number of fused-ring (bicyclic) bond motifs is 3. The molecule has 7 nitrogen and oxygen atoms in total. The largest absolute Gasteiger partial charge is 0.508 e. The summed E-state index contributed by atoms with van der Waals surface area (Å²) in [5.41, 5.74) is 0.408. The van der Waals surface area contributed by atoms with Gasteiger partial charge < -0.3 is 18.7 Å². The SMILES string of the molecule is COc1ccc(-c2cc3c(c(=O)oc4ccc(O)cc43)c(=O)n2Cc2ccco2)cc1. The maximum atomic E-state index is 13.5. The van der Waals surface area contributed by atoms with Crippen molar-refractivity contribution in [1.82, 2.24) is 4.57 Å². The van der Waals surface area contributed by atoms with Crippen molar-refractivity contribution in [3.8, 4) is 22.8 Å². The quantitative estimate of drug-likeness (QED) is 0.350. The molecule has 0 aliphatic carbocycles. The van der Waals surface area contributed by atoms with Crippen LogP contribution < -0.4 is 15.9 Å². The fourth-order valence-corrected chi connectivity index (χ4v) is 3.74. The van der Waals surface area contributed by atoms with Gasteiger partial charge >= 0.3 is 5.63 Å². The highest BCUT2D eigenvalue weighted by molar-refractivity contribution is 6.05. The third kappa shape index (κ3) is 3.16. The maximum Gasteiger partial charge on any atom is 0.349 e. The Hall–Kier alpha value is -4.26. The Morgan fingerprint density at radius 2 is 1.81 bits per heavy atom. The highest BCUT2D eigenvalue weighted by Crippen LogP contribution is 2.30. The Morgan fingerprint density at radius 1 is 1.00 bits per heavy atom. The van der Waals surface area contributed by atoms with Crippen molar-refractivity contribution >= 4 is 21.7 Å². The lowest BCUT2D eigenvalue weighted by atomic mass is 10.0. The molecule has 0 unspecified atom stereocenters. The monoisotopic (exact) mass is 415 g/mol.